The number of pyridine rings is 1. The van der Waals surface area contributed by atoms with Gasteiger partial charge in [0.2, 0.25) is 0 Å². The summed E-state index contributed by atoms with van der Waals surface area (Å²) in [6, 6.07) is 7.60. The molecule has 1 amide bonds. The summed E-state index contributed by atoms with van der Waals surface area (Å²) in [5.74, 6) is 0.674. The van der Waals surface area contributed by atoms with Gasteiger partial charge in [-0.3, -0.25) is 4.79 Å². The zero-order valence-electron chi connectivity index (χ0n) is 11.0. The minimum Gasteiger partial charge on any atom is -0.493 e. The summed E-state index contributed by atoms with van der Waals surface area (Å²) < 4.78 is 7.32. The number of fused-ring (bicyclic) bond motifs is 1. The van der Waals surface area contributed by atoms with Gasteiger partial charge < -0.3 is 10.1 Å². The molecule has 2 aromatic rings. The Labute approximate surface area is 139 Å². The maximum absolute atomic E-state index is 12.2. The number of ether oxygens (including phenoxy) is 1. The lowest BCUT2D eigenvalue weighted by Crippen LogP contribution is -2.24. The Morgan fingerprint density at radius 3 is 3.05 bits per heavy atom. The number of carbonyl (C=O) groups excluding carboxylic acids is 1. The molecule has 0 atom stereocenters. The minimum atomic E-state index is -0.214. The van der Waals surface area contributed by atoms with Gasteiger partial charge in [-0.25, -0.2) is 4.98 Å². The van der Waals surface area contributed by atoms with Crippen LogP contribution in [0, 0.1) is 0 Å². The van der Waals surface area contributed by atoms with Gasteiger partial charge in [-0.1, -0.05) is 15.9 Å². The van der Waals surface area contributed by atoms with Gasteiger partial charge in [0.15, 0.2) is 0 Å². The van der Waals surface area contributed by atoms with Gasteiger partial charge in [0, 0.05) is 33.7 Å². The molecule has 0 unspecified atom stereocenters. The number of benzene rings is 1. The lowest BCUT2D eigenvalue weighted by atomic mass is 10.1. The Hall–Kier alpha value is -1.40. The molecule has 21 heavy (non-hydrogen) atoms. The van der Waals surface area contributed by atoms with Crippen molar-refractivity contribution >= 4 is 37.8 Å². The Morgan fingerprint density at radius 2 is 2.24 bits per heavy atom. The van der Waals surface area contributed by atoms with E-state index in [0.717, 1.165) is 22.2 Å². The van der Waals surface area contributed by atoms with E-state index in [9.17, 15) is 4.79 Å². The topological polar surface area (TPSA) is 51.2 Å². The van der Waals surface area contributed by atoms with Gasteiger partial charge in [-0.2, -0.15) is 0 Å². The zero-order valence-corrected chi connectivity index (χ0v) is 14.2. The van der Waals surface area contributed by atoms with Crippen molar-refractivity contribution in [2.24, 2.45) is 0 Å². The molecule has 0 spiro atoms. The van der Waals surface area contributed by atoms with Crippen LogP contribution in [0.2, 0.25) is 0 Å². The van der Waals surface area contributed by atoms with E-state index in [4.69, 9.17) is 4.74 Å². The second-order valence-corrected chi connectivity index (χ2v) is 6.44. The van der Waals surface area contributed by atoms with Crippen LogP contribution in [-0.2, 0) is 13.0 Å². The molecule has 1 aromatic heterocycles. The Bertz CT molecular complexity index is 704. The van der Waals surface area contributed by atoms with Crippen LogP contribution in [-0.4, -0.2) is 17.5 Å². The first kappa shape index (κ1) is 14.5. The molecule has 4 nitrogen and oxygen atoms in total. The molecule has 0 saturated carbocycles. The SMILES string of the molecule is O=C(NCc1cc(Br)cc2c1OCC2)c1ncccc1Br. The largest absolute Gasteiger partial charge is 0.493 e. The van der Waals surface area contributed by atoms with Crippen LogP contribution in [0.1, 0.15) is 21.6 Å². The highest BCUT2D eigenvalue weighted by molar-refractivity contribution is 9.10. The fourth-order valence-electron chi connectivity index (χ4n) is 2.29. The molecule has 0 bridgehead atoms. The van der Waals surface area contributed by atoms with Gasteiger partial charge in [-0.15, -0.1) is 0 Å². The number of aromatic nitrogens is 1. The van der Waals surface area contributed by atoms with Crippen LogP contribution in [0.25, 0.3) is 0 Å². The number of rotatable bonds is 3. The van der Waals surface area contributed by atoms with Gasteiger partial charge >= 0.3 is 0 Å². The minimum absolute atomic E-state index is 0.214. The average Bonchev–Trinajstić information content (AvgIpc) is 2.93. The number of nitrogens with one attached hydrogen (secondary N) is 1. The molecule has 0 aliphatic carbocycles. The second kappa shape index (κ2) is 6.15. The summed E-state index contributed by atoms with van der Waals surface area (Å²) in [6.07, 6.45) is 2.50. The van der Waals surface area contributed by atoms with Gasteiger partial charge in [0.05, 0.1) is 6.61 Å². The van der Waals surface area contributed by atoms with E-state index >= 15 is 0 Å². The van der Waals surface area contributed by atoms with E-state index in [1.165, 1.54) is 5.56 Å². The van der Waals surface area contributed by atoms with Crippen LogP contribution in [0.15, 0.2) is 39.4 Å². The molecule has 0 saturated heterocycles. The predicted molar refractivity (Wildman–Crippen MR) is 86.4 cm³/mol. The van der Waals surface area contributed by atoms with Crippen molar-refractivity contribution in [3.8, 4) is 5.75 Å². The standard InChI is InChI=1S/C15H12Br2N2O2/c16-11-6-9-3-5-21-14(9)10(7-11)8-19-15(20)13-12(17)2-1-4-18-13/h1-2,4,6-7H,3,5,8H2,(H,19,20). The van der Waals surface area contributed by atoms with Gasteiger partial charge in [-0.05, 0) is 45.8 Å². The van der Waals surface area contributed by atoms with Crippen LogP contribution in [0.4, 0.5) is 0 Å². The summed E-state index contributed by atoms with van der Waals surface area (Å²) in [5, 5.41) is 2.88. The van der Waals surface area contributed by atoms with Crippen LogP contribution < -0.4 is 10.1 Å². The smallest absolute Gasteiger partial charge is 0.271 e. The summed E-state index contributed by atoms with van der Waals surface area (Å²) >= 11 is 6.82. The first-order valence-electron chi connectivity index (χ1n) is 6.48. The van der Waals surface area contributed by atoms with Crippen molar-refractivity contribution in [3.63, 3.8) is 0 Å². The molecule has 108 valence electrons. The number of hydrogen-bond donors (Lipinski definition) is 1. The third-order valence-electron chi connectivity index (χ3n) is 3.24. The third kappa shape index (κ3) is 3.11. The number of amides is 1. The van der Waals surface area contributed by atoms with E-state index in [1.54, 1.807) is 18.3 Å². The number of hydrogen-bond acceptors (Lipinski definition) is 3. The fraction of sp³-hybridized carbons (Fsp3) is 0.200. The van der Waals surface area contributed by atoms with Gasteiger partial charge in [0.25, 0.3) is 5.91 Å². The van der Waals surface area contributed by atoms with Crippen molar-refractivity contribution in [1.29, 1.82) is 0 Å². The number of carbonyl (C=O) groups is 1. The maximum Gasteiger partial charge on any atom is 0.271 e. The highest BCUT2D eigenvalue weighted by atomic mass is 79.9. The van der Waals surface area contributed by atoms with Crippen molar-refractivity contribution in [3.05, 3.63) is 56.2 Å². The lowest BCUT2D eigenvalue weighted by molar-refractivity contribution is 0.0945. The van der Waals surface area contributed by atoms with E-state index in [0.29, 0.717) is 23.3 Å². The fourth-order valence-corrected chi connectivity index (χ4v) is 3.28. The Balaban J connectivity index is 1.77. The molecule has 6 heteroatoms. The molecule has 1 aromatic carbocycles. The molecule has 1 N–H and O–H groups in total. The van der Waals surface area contributed by atoms with E-state index in [1.807, 2.05) is 6.07 Å². The van der Waals surface area contributed by atoms with E-state index < -0.39 is 0 Å². The molecule has 1 aliphatic rings. The van der Waals surface area contributed by atoms with Crippen molar-refractivity contribution < 1.29 is 9.53 Å². The third-order valence-corrected chi connectivity index (χ3v) is 4.34. The Kier molecular flexibility index (Phi) is 4.26. The van der Waals surface area contributed by atoms with E-state index in [2.05, 4.69) is 48.2 Å². The predicted octanol–water partition coefficient (Wildman–Crippen LogP) is 3.47. The molecular weight excluding hydrogens is 400 g/mol. The first-order chi connectivity index (χ1) is 10.1. The molecule has 3 rings (SSSR count). The maximum atomic E-state index is 12.2. The van der Waals surface area contributed by atoms with Crippen LogP contribution in [0.3, 0.4) is 0 Å². The summed E-state index contributed by atoms with van der Waals surface area (Å²) in [6.45, 7) is 1.10. The summed E-state index contributed by atoms with van der Waals surface area (Å²) in [4.78, 5) is 16.2. The van der Waals surface area contributed by atoms with Crippen LogP contribution >= 0.6 is 31.9 Å². The molecule has 0 fully saturated rings. The van der Waals surface area contributed by atoms with Gasteiger partial charge in [0.1, 0.15) is 11.4 Å². The molecule has 0 radical (unpaired) electrons. The normalized spacial score (nSPS) is 12.7. The average molecular weight is 412 g/mol. The van der Waals surface area contributed by atoms with Crippen molar-refractivity contribution in [1.82, 2.24) is 10.3 Å². The molecular formula is C15H12Br2N2O2. The number of halogens is 2. The van der Waals surface area contributed by atoms with Crippen LogP contribution in [0.5, 0.6) is 5.75 Å². The van der Waals surface area contributed by atoms with Crippen molar-refractivity contribution in [2.45, 2.75) is 13.0 Å². The molecule has 2 heterocycles. The Morgan fingerprint density at radius 1 is 1.38 bits per heavy atom. The summed E-state index contributed by atoms with van der Waals surface area (Å²) in [5.41, 5.74) is 2.52. The van der Waals surface area contributed by atoms with Crippen molar-refractivity contribution in [2.75, 3.05) is 6.61 Å². The molecule has 1 aliphatic heterocycles. The second-order valence-electron chi connectivity index (χ2n) is 4.67. The monoisotopic (exact) mass is 410 g/mol. The number of nitrogens with zero attached hydrogens (tertiary/aromatic N) is 1. The first-order valence-corrected chi connectivity index (χ1v) is 8.06. The summed E-state index contributed by atoms with van der Waals surface area (Å²) in [7, 11) is 0. The highest BCUT2D eigenvalue weighted by Crippen LogP contribution is 2.32. The zero-order chi connectivity index (χ0) is 14.8. The quantitative estimate of drug-likeness (QED) is 0.841. The van der Waals surface area contributed by atoms with E-state index in [-0.39, 0.29) is 5.91 Å². The highest BCUT2D eigenvalue weighted by Gasteiger charge is 2.18. The lowest BCUT2D eigenvalue weighted by Gasteiger charge is -2.10.